The standard InChI is InChI=1S/C16H16N2O/c1-19-15-9-5-8-14(10-15)16(11-17)18-12-13-6-3-2-4-7-13/h2-10,16,18H,12H2,1H3/t16-/m1/s1. The topological polar surface area (TPSA) is 45.0 Å². The maximum Gasteiger partial charge on any atom is 0.121 e. The van der Waals surface area contributed by atoms with Crippen LogP contribution < -0.4 is 10.1 Å². The summed E-state index contributed by atoms with van der Waals surface area (Å²) in [7, 11) is 1.62. The molecule has 0 unspecified atom stereocenters. The van der Waals surface area contributed by atoms with Gasteiger partial charge in [0.2, 0.25) is 0 Å². The fourth-order valence-electron chi connectivity index (χ4n) is 1.87. The van der Waals surface area contributed by atoms with Gasteiger partial charge in [-0.25, -0.2) is 0 Å². The molecule has 1 atom stereocenters. The fourth-order valence-corrected chi connectivity index (χ4v) is 1.87. The molecule has 0 aliphatic heterocycles. The molecule has 19 heavy (non-hydrogen) atoms. The van der Waals surface area contributed by atoms with Gasteiger partial charge in [0.05, 0.1) is 13.2 Å². The minimum atomic E-state index is -0.338. The zero-order valence-corrected chi connectivity index (χ0v) is 10.8. The van der Waals surface area contributed by atoms with Crippen molar-refractivity contribution >= 4 is 0 Å². The second-order valence-electron chi connectivity index (χ2n) is 4.21. The smallest absolute Gasteiger partial charge is 0.121 e. The van der Waals surface area contributed by atoms with E-state index in [4.69, 9.17) is 4.74 Å². The second kappa shape index (κ2) is 6.58. The number of hydrogen-bond donors (Lipinski definition) is 1. The summed E-state index contributed by atoms with van der Waals surface area (Å²) in [6.45, 7) is 0.663. The number of hydrogen-bond acceptors (Lipinski definition) is 3. The molecule has 2 aromatic rings. The number of nitrogens with zero attached hydrogens (tertiary/aromatic N) is 1. The van der Waals surface area contributed by atoms with E-state index in [9.17, 15) is 5.26 Å². The van der Waals surface area contributed by atoms with Crippen molar-refractivity contribution in [1.82, 2.24) is 5.32 Å². The number of rotatable bonds is 5. The van der Waals surface area contributed by atoms with E-state index in [2.05, 4.69) is 11.4 Å². The molecule has 0 saturated heterocycles. The zero-order chi connectivity index (χ0) is 13.5. The molecule has 0 fully saturated rings. The van der Waals surface area contributed by atoms with Crippen molar-refractivity contribution in [2.45, 2.75) is 12.6 Å². The van der Waals surface area contributed by atoms with Gasteiger partial charge in [0.1, 0.15) is 11.8 Å². The summed E-state index contributed by atoms with van der Waals surface area (Å²) in [5, 5.41) is 12.5. The molecule has 0 aliphatic carbocycles. The van der Waals surface area contributed by atoms with Crippen LogP contribution >= 0.6 is 0 Å². The molecule has 0 aromatic heterocycles. The van der Waals surface area contributed by atoms with Crippen LogP contribution in [-0.2, 0) is 6.54 Å². The van der Waals surface area contributed by atoms with E-state index in [1.165, 1.54) is 0 Å². The molecule has 2 rings (SSSR count). The van der Waals surface area contributed by atoms with Crippen LogP contribution in [0.1, 0.15) is 17.2 Å². The summed E-state index contributed by atoms with van der Waals surface area (Å²) in [5.74, 6) is 0.763. The summed E-state index contributed by atoms with van der Waals surface area (Å²) in [4.78, 5) is 0. The van der Waals surface area contributed by atoms with Crippen LogP contribution in [0.4, 0.5) is 0 Å². The Morgan fingerprint density at radius 2 is 1.95 bits per heavy atom. The lowest BCUT2D eigenvalue weighted by atomic mass is 10.1. The molecule has 0 aliphatic rings. The molecule has 0 bridgehead atoms. The van der Waals surface area contributed by atoms with Crippen LogP contribution in [0, 0.1) is 11.3 Å². The molecule has 1 N–H and O–H groups in total. The van der Waals surface area contributed by atoms with E-state index in [-0.39, 0.29) is 6.04 Å². The summed E-state index contributed by atoms with van der Waals surface area (Å²) >= 11 is 0. The summed E-state index contributed by atoms with van der Waals surface area (Å²) in [6, 6.07) is 19.5. The molecular formula is C16H16N2O. The van der Waals surface area contributed by atoms with E-state index < -0.39 is 0 Å². The van der Waals surface area contributed by atoms with Crippen molar-refractivity contribution in [3.05, 3.63) is 65.7 Å². The molecule has 2 aromatic carbocycles. The molecule has 0 saturated carbocycles. The van der Waals surface area contributed by atoms with Gasteiger partial charge in [0.15, 0.2) is 0 Å². The lowest BCUT2D eigenvalue weighted by Gasteiger charge is -2.13. The molecule has 3 heteroatoms. The Bertz CT molecular complexity index is 560. The number of nitrogens with one attached hydrogen (secondary N) is 1. The third-order valence-electron chi connectivity index (χ3n) is 2.91. The molecular weight excluding hydrogens is 236 g/mol. The third-order valence-corrected chi connectivity index (χ3v) is 2.91. The van der Waals surface area contributed by atoms with Crippen molar-refractivity contribution in [1.29, 1.82) is 5.26 Å². The van der Waals surface area contributed by atoms with Gasteiger partial charge >= 0.3 is 0 Å². The summed E-state index contributed by atoms with van der Waals surface area (Å²) < 4.78 is 5.18. The van der Waals surface area contributed by atoms with E-state index in [0.29, 0.717) is 6.54 Å². The fraction of sp³-hybridized carbons (Fsp3) is 0.188. The number of ether oxygens (including phenoxy) is 1. The van der Waals surface area contributed by atoms with Crippen molar-refractivity contribution < 1.29 is 4.74 Å². The van der Waals surface area contributed by atoms with Crippen LogP contribution in [0.2, 0.25) is 0 Å². The first-order chi connectivity index (χ1) is 9.33. The van der Waals surface area contributed by atoms with E-state index in [1.54, 1.807) is 7.11 Å². The van der Waals surface area contributed by atoms with Crippen molar-refractivity contribution in [2.75, 3.05) is 7.11 Å². The largest absolute Gasteiger partial charge is 0.497 e. The highest BCUT2D eigenvalue weighted by Gasteiger charge is 2.10. The van der Waals surface area contributed by atoms with Gasteiger partial charge < -0.3 is 4.74 Å². The normalized spacial score (nSPS) is 11.6. The minimum absolute atomic E-state index is 0.338. The number of nitriles is 1. The van der Waals surface area contributed by atoms with Crippen LogP contribution in [-0.4, -0.2) is 7.11 Å². The van der Waals surface area contributed by atoms with Crippen molar-refractivity contribution in [2.24, 2.45) is 0 Å². The molecule has 0 heterocycles. The molecule has 0 radical (unpaired) electrons. The predicted octanol–water partition coefficient (Wildman–Crippen LogP) is 3.05. The first-order valence-electron chi connectivity index (χ1n) is 6.14. The van der Waals surface area contributed by atoms with E-state index in [0.717, 1.165) is 16.9 Å². The lowest BCUT2D eigenvalue weighted by molar-refractivity contribution is 0.413. The molecule has 3 nitrogen and oxygen atoms in total. The number of benzene rings is 2. The highest BCUT2D eigenvalue weighted by Crippen LogP contribution is 2.19. The highest BCUT2D eigenvalue weighted by atomic mass is 16.5. The Morgan fingerprint density at radius 3 is 2.63 bits per heavy atom. The maximum atomic E-state index is 9.27. The highest BCUT2D eigenvalue weighted by molar-refractivity contribution is 5.33. The first-order valence-corrected chi connectivity index (χ1v) is 6.14. The Balaban J connectivity index is 2.06. The van der Waals surface area contributed by atoms with E-state index >= 15 is 0 Å². The van der Waals surface area contributed by atoms with Gasteiger partial charge in [-0.15, -0.1) is 0 Å². The quantitative estimate of drug-likeness (QED) is 0.889. The SMILES string of the molecule is COc1cccc([C@@H](C#N)NCc2ccccc2)c1. The van der Waals surface area contributed by atoms with Crippen LogP contribution in [0.3, 0.4) is 0 Å². The second-order valence-corrected chi connectivity index (χ2v) is 4.21. The molecule has 96 valence electrons. The zero-order valence-electron chi connectivity index (χ0n) is 10.8. The van der Waals surface area contributed by atoms with Crippen molar-refractivity contribution in [3.63, 3.8) is 0 Å². The third kappa shape index (κ3) is 3.57. The molecule has 0 amide bonds. The van der Waals surface area contributed by atoms with Crippen molar-refractivity contribution in [3.8, 4) is 11.8 Å². The van der Waals surface area contributed by atoms with Gasteiger partial charge in [-0.2, -0.15) is 5.26 Å². The van der Waals surface area contributed by atoms with Gasteiger partial charge in [-0.1, -0.05) is 42.5 Å². The average molecular weight is 252 g/mol. The Kier molecular flexibility index (Phi) is 4.54. The van der Waals surface area contributed by atoms with Crippen LogP contribution in [0.15, 0.2) is 54.6 Å². The lowest BCUT2D eigenvalue weighted by Crippen LogP contribution is -2.19. The minimum Gasteiger partial charge on any atom is -0.497 e. The van der Waals surface area contributed by atoms with Crippen LogP contribution in [0.5, 0.6) is 5.75 Å². The number of methoxy groups -OCH3 is 1. The summed E-state index contributed by atoms with van der Waals surface area (Å²) in [5.41, 5.74) is 2.07. The maximum absolute atomic E-state index is 9.27. The summed E-state index contributed by atoms with van der Waals surface area (Å²) in [6.07, 6.45) is 0. The average Bonchev–Trinajstić information content (AvgIpc) is 2.49. The monoisotopic (exact) mass is 252 g/mol. The Hall–Kier alpha value is -2.31. The first kappa shape index (κ1) is 13.1. The van der Waals surface area contributed by atoms with Gasteiger partial charge in [-0.05, 0) is 23.3 Å². The van der Waals surface area contributed by atoms with Gasteiger partial charge in [-0.3, -0.25) is 5.32 Å². The predicted molar refractivity (Wildman–Crippen MR) is 74.6 cm³/mol. The Morgan fingerprint density at radius 1 is 1.16 bits per heavy atom. The van der Waals surface area contributed by atoms with Crippen LogP contribution in [0.25, 0.3) is 0 Å². The van der Waals surface area contributed by atoms with E-state index in [1.807, 2.05) is 54.6 Å². The molecule has 0 spiro atoms. The van der Waals surface area contributed by atoms with Gasteiger partial charge in [0.25, 0.3) is 0 Å². The Labute approximate surface area is 113 Å². The van der Waals surface area contributed by atoms with Gasteiger partial charge in [0, 0.05) is 6.54 Å².